The predicted octanol–water partition coefficient (Wildman–Crippen LogP) is 2.86. The molecule has 0 aliphatic heterocycles. The van der Waals surface area contributed by atoms with E-state index in [4.69, 9.17) is 9.29 Å². The topological polar surface area (TPSA) is 80.7 Å². The van der Waals surface area contributed by atoms with Gasteiger partial charge in [0.15, 0.2) is 0 Å². The van der Waals surface area contributed by atoms with Crippen molar-refractivity contribution >= 4 is 16.1 Å². The van der Waals surface area contributed by atoms with Crippen molar-refractivity contribution in [3.05, 3.63) is 0 Å². The van der Waals surface area contributed by atoms with Gasteiger partial charge in [-0.25, -0.2) is 0 Å². The van der Waals surface area contributed by atoms with Crippen LogP contribution in [0.1, 0.15) is 44.9 Å². The summed E-state index contributed by atoms with van der Waals surface area (Å²) in [7, 11) is -5.41. The fourth-order valence-corrected chi connectivity index (χ4v) is 5.39. The number of ether oxygens (including phenoxy) is 1. The molecule has 5 nitrogen and oxygen atoms in total. The van der Waals surface area contributed by atoms with Gasteiger partial charge in [0.05, 0.1) is 12.5 Å². The van der Waals surface area contributed by atoms with Gasteiger partial charge in [0.2, 0.25) is 0 Å². The lowest BCUT2D eigenvalue weighted by atomic mass is 9.52. The molecule has 0 saturated heterocycles. The number of rotatable bonds is 6. The van der Waals surface area contributed by atoms with Crippen LogP contribution >= 0.6 is 0 Å². The van der Waals surface area contributed by atoms with Crippen molar-refractivity contribution in [2.24, 2.45) is 29.6 Å². The molecule has 4 aliphatic carbocycles. The van der Waals surface area contributed by atoms with Crippen LogP contribution in [0.3, 0.4) is 0 Å². The molecule has 0 aromatic rings. The number of esters is 1. The first kappa shape index (κ1) is 17.1. The van der Waals surface area contributed by atoms with Gasteiger partial charge in [0.25, 0.3) is 0 Å². The van der Waals surface area contributed by atoms with Gasteiger partial charge in [-0.05, 0) is 62.2 Å². The molecule has 4 bridgehead atoms. The van der Waals surface area contributed by atoms with Gasteiger partial charge in [-0.15, -0.1) is 0 Å². The molecule has 8 heteroatoms. The van der Waals surface area contributed by atoms with E-state index in [9.17, 15) is 22.0 Å². The van der Waals surface area contributed by atoms with E-state index in [1.165, 1.54) is 6.42 Å². The lowest BCUT2D eigenvalue weighted by Gasteiger charge is -2.53. The second-order valence-corrected chi connectivity index (χ2v) is 8.89. The van der Waals surface area contributed by atoms with Crippen LogP contribution in [-0.2, 0) is 19.6 Å². The molecule has 132 valence electrons. The molecule has 1 N–H and O–H groups in total. The highest BCUT2D eigenvalue weighted by atomic mass is 32.2. The van der Waals surface area contributed by atoms with Crippen LogP contribution in [0.25, 0.3) is 0 Å². The van der Waals surface area contributed by atoms with Gasteiger partial charge < -0.3 is 4.74 Å². The average Bonchev–Trinajstić information content (AvgIpc) is 2.41. The largest absolute Gasteiger partial charge is 0.465 e. The summed E-state index contributed by atoms with van der Waals surface area (Å²) in [6.45, 7) is -0.243. The summed E-state index contributed by atoms with van der Waals surface area (Å²) in [6.07, 6.45) is 4.18. The van der Waals surface area contributed by atoms with Crippen molar-refractivity contribution in [2.75, 3.05) is 6.61 Å². The van der Waals surface area contributed by atoms with E-state index in [0.29, 0.717) is 11.8 Å². The maximum absolute atomic E-state index is 13.1. The summed E-state index contributed by atoms with van der Waals surface area (Å²) in [4.78, 5) is 12.3. The third-order valence-corrected chi connectivity index (χ3v) is 6.69. The smallest absolute Gasteiger partial charge is 0.370 e. The van der Waals surface area contributed by atoms with Crippen molar-refractivity contribution < 1.29 is 31.3 Å². The first-order valence-corrected chi connectivity index (χ1v) is 9.63. The minimum absolute atomic E-state index is 0.120. The molecule has 0 unspecified atom stereocenters. The first-order chi connectivity index (χ1) is 10.7. The second kappa shape index (κ2) is 5.95. The highest BCUT2D eigenvalue weighted by Crippen LogP contribution is 2.56. The summed E-state index contributed by atoms with van der Waals surface area (Å²) in [6, 6.07) is 0. The fraction of sp³-hybridized carbons (Fsp3) is 0.933. The summed E-state index contributed by atoms with van der Waals surface area (Å²) in [5.41, 5.74) is 0. The lowest BCUT2D eigenvalue weighted by Crippen LogP contribution is -2.48. The SMILES string of the molecule is O=C(OCCCC(F)(F)S(=O)(=O)O)C1C2CC3CC(C2)CC1C3. The number of hydrogen-bond acceptors (Lipinski definition) is 4. The average molecular weight is 352 g/mol. The molecule has 4 aliphatic rings. The van der Waals surface area contributed by atoms with Crippen LogP contribution in [0.15, 0.2) is 0 Å². The van der Waals surface area contributed by atoms with Gasteiger partial charge in [-0.1, -0.05) is 0 Å². The molecule has 4 fully saturated rings. The molecule has 0 aromatic carbocycles. The van der Waals surface area contributed by atoms with E-state index in [1.807, 2.05) is 0 Å². The maximum atomic E-state index is 13.1. The van der Waals surface area contributed by atoms with Crippen molar-refractivity contribution in [2.45, 2.75) is 50.2 Å². The summed E-state index contributed by atoms with van der Waals surface area (Å²) in [5.74, 6) is 1.74. The normalized spacial score (nSPS) is 36.2. The first-order valence-electron chi connectivity index (χ1n) is 8.19. The molecule has 0 radical (unpaired) electrons. The summed E-state index contributed by atoms with van der Waals surface area (Å²) >= 11 is 0. The highest BCUT2D eigenvalue weighted by molar-refractivity contribution is 7.86. The Labute approximate surface area is 134 Å². The predicted molar refractivity (Wildman–Crippen MR) is 77.2 cm³/mol. The van der Waals surface area contributed by atoms with Gasteiger partial charge in [-0.3, -0.25) is 9.35 Å². The third-order valence-electron chi connectivity index (χ3n) is 5.73. The Kier molecular flexibility index (Phi) is 4.42. The van der Waals surface area contributed by atoms with Crippen molar-refractivity contribution in [3.63, 3.8) is 0 Å². The Morgan fingerprint density at radius 3 is 2.09 bits per heavy atom. The summed E-state index contributed by atoms with van der Waals surface area (Å²) in [5, 5.41) is -4.19. The molecule has 0 amide bonds. The van der Waals surface area contributed by atoms with Crippen molar-refractivity contribution in [1.82, 2.24) is 0 Å². The lowest BCUT2D eigenvalue weighted by molar-refractivity contribution is -0.162. The molecule has 4 rings (SSSR count). The number of alkyl halides is 2. The van der Waals surface area contributed by atoms with Crippen LogP contribution in [-0.4, -0.2) is 30.8 Å². The van der Waals surface area contributed by atoms with Crippen LogP contribution in [0.5, 0.6) is 0 Å². The van der Waals surface area contributed by atoms with E-state index in [-0.39, 0.29) is 24.9 Å². The van der Waals surface area contributed by atoms with E-state index in [2.05, 4.69) is 0 Å². The minimum atomic E-state index is -5.41. The number of carbonyl (C=O) groups is 1. The quantitative estimate of drug-likeness (QED) is 0.452. The molecule has 0 spiro atoms. The Morgan fingerprint density at radius 1 is 1.09 bits per heavy atom. The van der Waals surface area contributed by atoms with Gasteiger partial charge in [-0.2, -0.15) is 17.2 Å². The number of carbonyl (C=O) groups excluding carboxylic acids is 1. The van der Waals surface area contributed by atoms with E-state index >= 15 is 0 Å². The van der Waals surface area contributed by atoms with Crippen LogP contribution < -0.4 is 0 Å². The van der Waals surface area contributed by atoms with Crippen LogP contribution in [0, 0.1) is 29.6 Å². The Bertz CT molecular complexity index is 546. The zero-order valence-electron chi connectivity index (χ0n) is 12.8. The van der Waals surface area contributed by atoms with Gasteiger partial charge in [0, 0.05) is 6.42 Å². The molecule has 4 saturated carbocycles. The Morgan fingerprint density at radius 2 is 1.61 bits per heavy atom. The number of halogens is 2. The molecule has 0 aromatic heterocycles. The van der Waals surface area contributed by atoms with Crippen LogP contribution in [0.4, 0.5) is 8.78 Å². The zero-order chi connectivity index (χ0) is 16.8. The monoisotopic (exact) mass is 352 g/mol. The van der Waals surface area contributed by atoms with E-state index < -0.39 is 21.8 Å². The summed E-state index contributed by atoms with van der Waals surface area (Å²) < 4.78 is 60.7. The second-order valence-electron chi connectivity index (χ2n) is 7.34. The highest BCUT2D eigenvalue weighted by Gasteiger charge is 2.51. The van der Waals surface area contributed by atoms with E-state index in [1.54, 1.807) is 0 Å². The van der Waals surface area contributed by atoms with E-state index in [0.717, 1.165) is 37.5 Å². The third kappa shape index (κ3) is 3.38. The van der Waals surface area contributed by atoms with Crippen molar-refractivity contribution in [1.29, 1.82) is 0 Å². The standard InChI is InChI=1S/C15H22F2O5S/c16-15(17,23(19,20)21)2-1-3-22-14(18)13-11-5-9-4-10(7-11)8-12(13)6-9/h9-13H,1-8H2,(H,19,20,21). The molecule has 0 heterocycles. The van der Waals surface area contributed by atoms with Gasteiger partial charge >= 0.3 is 21.3 Å². The minimum Gasteiger partial charge on any atom is -0.465 e. The molecular weight excluding hydrogens is 330 g/mol. The number of hydrogen-bond donors (Lipinski definition) is 1. The Balaban J connectivity index is 1.47. The van der Waals surface area contributed by atoms with Gasteiger partial charge in [0.1, 0.15) is 0 Å². The van der Waals surface area contributed by atoms with Crippen LogP contribution in [0.2, 0.25) is 0 Å². The Hall–Kier alpha value is -0.760. The zero-order valence-corrected chi connectivity index (χ0v) is 13.6. The molecular formula is C15H22F2O5S. The molecule has 0 atom stereocenters. The maximum Gasteiger partial charge on any atom is 0.370 e. The fourth-order valence-electron chi connectivity index (χ4n) is 4.99. The molecule has 23 heavy (non-hydrogen) atoms. The van der Waals surface area contributed by atoms with Crippen molar-refractivity contribution in [3.8, 4) is 0 Å².